The van der Waals surface area contributed by atoms with E-state index in [1.807, 2.05) is 55.8 Å². The SMILES string of the molecule is CC(C)(C)OC(=O)N1CC(Oc2cnccn2)CC1c1nc(-c2ccc(Br)cc2)cn1COCC[Si](C)(C)C. The van der Waals surface area contributed by atoms with Gasteiger partial charge in [-0.25, -0.2) is 14.8 Å². The van der Waals surface area contributed by atoms with Gasteiger partial charge in [0.2, 0.25) is 5.88 Å². The van der Waals surface area contributed by atoms with Gasteiger partial charge in [0.25, 0.3) is 0 Å². The lowest BCUT2D eigenvalue weighted by Crippen LogP contribution is -2.38. The highest BCUT2D eigenvalue weighted by molar-refractivity contribution is 9.10. The number of nitrogens with zero attached hydrogens (tertiary/aromatic N) is 5. The molecule has 1 aromatic carbocycles. The van der Waals surface area contributed by atoms with Crippen molar-refractivity contribution in [3.8, 4) is 17.1 Å². The molecule has 2 unspecified atom stereocenters. The fraction of sp³-hybridized carbons (Fsp3) is 0.500. The zero-order chi connectivity index (χ0) is 28.2. The molecule has 0 N–H and O–H groups in total. The summed E-state index contributed by atoms with van der Waals surface area (Å²) in [6.07, 6.45) is 6.58. The second kappa shape index (κ2) is 12.2. The van der Waals surface area contributed by atoms with E-state index in [4.69, 9.17) is 19.2 Å². The van der Waals surface area contributed by atoms with Gasteiger partial charge < -0.3 is 18.8 Å². The Morgan fingerprint density at radius 3 is 2.54 bits per heavy atom. The van der Waals surface area contributed by atoms with Crippen molar-refractivity contribution in [3.05, 3.63) is 59.3 Å². The zero-order valence-corrected chi connectivity index (χ0v) is 26.1. The fourth-order valence-electron chi connectivity index (χ4n) is 4.27. The molecular weight excluding hydrogens is 578 g/mol. The fourth-order valence-corrected chi connectivity index (χ4v) is 5.29. The first-order valence-electron chi connectivity index (χ1n) is 13.2. The van der Waals surface area contributed by atoms with Crippen molar-refractivity contribution in [2.75, 3.05) is 13.2 Å². The molecule has 1 aliphatic rings. The molecule has 9 nitrogen and oxygen atoms in total. The van der Waals surface area contributed by atoms with Crippen LogP contribution >= 0.6 is 15.9 Å². The topological polar surface area (TPSA) is 91.6 Å². The predicted molar refractivity (Wildman–Crippen MR) is 156 cm³/mol. The number of benzene rings is 1. The van der Waals surface area contributed by atoms with Gasteiger partial charge in [-0.3, -0.25) is 9.88 Å². The van der Waals surface area contributed by atoms with E-state index in [-0.39, 0.29) is 12.1 Å². The Hall–Kier alpha value is -2.76. The first-order chi connectivity index (χ1) is 18.4. The summed E-state index contributed by atoms with van der Waals surface area (Å²) >= 11 is 3.51. The molecule has 3 aromatic rings. The summed E-state index contributed by atoms with van der Waals surface area (Å²) in [6, 6.07) is 8.72. The van der Waals surface area contributed by atoms with E-state index in [1.54, 1.807) is 23.5 Å². The summed E-state index contributed by atoms with van der Waals surface area (Å²) in [4.78, 5) is 28.5. The van der Waals surface area contributed by atoms with Crippen LogP contribution in [-0.4, -0.2) is 63.4 Å². The number of likely N-dealkylation sites (tertiary alicyclic amines) is 1. The molecule has 4 rings (SSSR count). The molecule has 210 valence electrons. The summed E-state index contributed by atoms with van der Waals surface area (Å²) in [7, 11) is -1.23. The average Bonchev–Trinajstić information content (AvgIpc) is 3.46. The lowest BCUT2D eigenvalue weighted by Gasteiger charge is -2.28. The van der Waals surface area contributed by atoms with E-state index in [9.17, 15) is 4.79 Å². The highest BCUT2D eigenvalue weighted by Crippen LogP contribution is 2.36. The Balaban J connectivity index is 1.65. The number of carbonyl (C=O) groups excluding carboxylic acids is 1. The van der Waals surface area contributed by atoms with Crippen LogP contribution in [0.25, 0.3) is 11.3 Å². The third kappa shape index (κ3) is 8.36. The molecule has 1 fully saturated rings. The molecule has 39 heavy (non-hydrogen) atoms. The number of hydrogen-bond acceptors (Lipinski definition) is 7. The molecule has 0 bridgehead atoms. The molecule has 11 heteroatoms. The molecule has 2 atom stereocenters. The number of carbonyl (C=O) groups is 1. The Labute approximate surface area is 240 Å². The van der Waals surface area contributed by atoms with Crippen LogP contribution in [0.4, 0.5) is 4.79 Å². The molecular formula is C28H38BrN5O4Si. The Bertz CT molecular complexity index is 1240. The van der Waals surface area contributed by atoms with Crippen molar-refractivity contribution in [1.29, 1.82) is 0 Å². The highest BCUT2D eigenvalue weighted by atomic mass is 79.9. The number of imidazole rings is 1. The quantitative estimate of drug-likeness (QED) is 0.199. The van der Waals surface area contributed by atoms with Crippen molar-refractivity contribution in [3.63, 3.8) is 0 Å². The number of aromatic nitrogens is 4. The van der Waals surface area contributed by atoms with E-state index in [1.165, 1.54) is 0 Å². The van der Waals surface area contributed by atoms with Crippen LogP contribution in [0.5, 0.6) is 5.88 Å². The monoisotopic (exact) mass is 615 g/mol. The summed E-state index contributed by atoms with van der Waals surface area (Å²) in [5.74, 6) is 1.15. The van der Waals surface area contributed by atoms with E-state index in [0.717, 1.165) is 27.6 Å². The van der Waals surface area contributed by atoms with Crippen molar-refractivity contribution in [2.24, 2.45) is 0 Å². The minimum Gasteiger partial charge on any atom is -0.471 e. The molecule has 1 aliphatic heterocycles. The Morgan fingerprint density at radius 1 is 1.15 bits per heavy atom. The van der Waals surface area contributed by atoms with Gasteiger partial charge >= 0.3 is 6.09 Å². The van der Waals surface area contributed by atoms with Crippen LogP contribution in [0.15, 0.2) is 53.5 Å². The maximum absolute atomic E-state index is 13.4. The minimum atomic E-state index is -1.23. The molecule has 0 radical (unpaired) electrons. The maximum Gasteiger partial charge on any atom is 0.411 e. The largest absolute Gasteiger partial charge is 0.471 e. The van der Waals surface area contributed by atoms with Crippen molar-refractivity contribution in [1.82, 2.24) is 24.4 Å². The van der Waals surface area contributed by atoms with Crippen LogP contribution in [0.2, 0.25) is 25.7 Å². The molecule has 0 saturated carbocycles. The van der Waals surface area contributed by atoms with Gasteiger partial charge in [-0.15, -0.1) is 0 Å². The Kier molecular flexibility index (Phi) is 9.13. The van der Waals surface area contributed by atoms with Gasteiger partial charge in [-0.05, 0) is 38.9 Å². The van der Waals surface area contributed by atoms with Crippen molar-refractivity contribution >= 4 is 30.1 Å². The highest BCUT2D eigenvalue weighted by Gasteiger charge is 2.42. The molecule has 1 amide bonds. The lowest BCUT2D eigenvalue weighted by atomic mass is 10.1. The van der Waals surface area contributed by atoms with Gasteiger partial charge in [0, 0.05) is 49.7 Å². The van der Waals surface area contributed by atoms with Crippen LogP contribution < -0.4 is 4.74 Å². The standard InChI is InChI=1S/C28H38BrN5O4Si/c1-28(2,3)38-27(35)34-17-22(37-25-16-30-11-12-31-25)15-24(34)26-32-23(20-7-9-21(29)10-8-20)18-33(26)19-36-13-14-39(4,5)6/h7-12,16,18,22,24H,13-15,17,19H2,1-6H3. The third-order valence-corrected chi connectivity index (χ3v) is 8.42. The van der Waals surface area contributed by atoms with Gasteiger partial charge in [-0.1, -0.05) is 47.7 Å². The second-order valence-corrected chi connectivity index (χ2v) is 18.5. The minimum absolute atomic E-state index is 0.298. The second-order valence-electron chi connectivity index (χ2n) is 12.0. The predicted octanol–water partition coefficient (Wildman–Crippen LogP) is 6.54. The molecule has 3 heterocycles. The van der Waals surface area contributed by atoms with E-state index >= 15 is 0 Å². The lowest BCUT2D eigenvalue weighted by molar-refractivity contribution is 0.0191. The summed E-state index contributed by atoms with van der Waals surface area (Å²) < 4.78 is 21.0. The number of rotatable bonds is 9. The van der Waals surface area contributed by atoms with Gasteiger partial charge in [0.1, 0.15) is 24.3 Å². The van der Waals surface area contributed by atoms with Crippen LogP contribution in [-0.2, 0) is 16.2 Å². The molecule has 0 spiro atoms. The summed E-state index contributed by atoms with van der Waals surface area (Å²) in [6.45, 7) is 14.0. The smallest absolute Gasteiger partial charge is 0.411 e. The zero-order valence-electron chi connectivity index (χ0n) is 23.6. The van der Waals surface area contributed by atoms with Gasteiger partial charge in [0.15, 0.2) is 0 Å². The van der Waals surface area contributed by atoms with Gasteiger partial charge in [0.05, 0.1) is 24.5 Å². The first kappa shape index (κ1) is 29.2. The summed E-state index contributed by atoms with van der Waals surface area (Å²) in [5.41, 5.74) is 1.16. The normalized spacial score (nSPS) is 17.9. The first-order valence-corrected chi connectivity index (χ1v) is 17.7. The Morgan fingerprint density at radius 2 is 1.90 bits per heavy atom. The third-order valence-electron chi connectivity index (χ3n) is 6.19. The van der Waals surface area contributed by atoms with E-state index < -0.39 is 19.8 Å². The molecule has 0 aliphatic carbocycles. The number of hydrogen-bond donors (Lipinski definition) is 0. The van der Waals surface area contributed by atoms with Crippen LogP contribution in [0.1, 0.15) is 39.1 Å². The van der Waals surface area contributed by atoms with Crippen molar-refractivity contribution in [2.45, 2.75) is 77.4 Å². The average molecular weight is 617 g/mol. The van der Waals surface area contributed by atoms with E-state index in [2.05, 4.69) is 45.5 Å². The van der Waals surface area contributed by atoms with Crippen LogP contribution in [0, 0.1) is 0 Å². The molecule has 2 aromatic heterocycles. The summed E-state index contributed by atoms with van der Waals surface area (Å²) in [5, 5.41) is 0. The number of amides is 1. The van der Waals surface area contributed by atoms with E-state index in [0.29, 0.717) is 32.2 Å². The molecule has 1 saturated heterocycles. The van der Waals surface area contributed by atoms with Crippen molar-refractivity contribution < 1.29 is 19.0 Å². The number of ether oxygens (including phenoxy) is 3. The maximum atomic E-state index is 13.4. The van der Waals surface area contributed by atoms with Gasteiger partial charge in [-0.2, -0.15) is 0 Å². The van der Waals surface area contributed by atoms with Crippen LogP contribution in [0.3, 0.4) is 0 Å². The number of halogens is 1.